The quantitative estimate of drug-likeness (QED) is 0.238. The Kier molecular flexibility index (Phi) is 10.1. The Morgan fingerprint density at radius 1 is 0.895 bits per heavy atom. The summed E-state index contributed by atoms with van der Waals surface area (Å²) in [4.78, 5) is 19.5. The van der Waals surface area contributed by atoms with Gasteiger partial charge in [0.1, 0.15) is 24.4 Å². The van der Waals surface area contributed by atoms with Crippen molar-refractivity contribution in [1.82, 2.24) is 0 Å². The van der Waals surface area contributed by atoms with Crippen molar-refractivity contribution in [1.29, 1.82) is 0 Å². The predicted molar refractivity (Wildman–Crippen MR) is 58.1 cm³/mol. The van der Waals surface area contributed by atoms with Crippen molar-refractivity contribution in [2.75, 3.05) is 6.61 Å². The van der Waals surface area contributed by atoms with Crippen molar-refractivity contribution in [2.45, 2.75) is 37.4 Å². The molecule has 19 heavy (non-hydrogen) atoms. The van der Waals surface area contributed by atoms with Gasteiger partial charge in [0.2, 0.25) is 0 Å². The number of carboxylic acid groups (broad SMARTS) is 2. The number of aliphatic hydroxyl groups excluding tert-OH is 6. The number of aliphatic hydroxyl groups is 6. The number of rotatable bonds is 6. The lowest BCUT2D eigenvalue weighted by molar-refractivity contribution is -0.164. The fraction of sp³-hybridized carbons (Fsp3) is 0.778. The van der Waals surface area contributed by atoms with Gasteiger partial charge >= 0.3 is 11.9 Å². The SMILES string of the molecule is CC(O)C(=O)O.O=C(O)[C@H](O)[C@@H](O)[C@H](O)[C@H](O)CO. The minimum Gasteiger partial charge on any atom is -0.479 e. The molecule has 1 unspecified atom stereocenters. The maximum Gasteiger partial charge on any atom is 0.335 e. The van der Waals surface area contributed by atoms with Gasteiger partial charge in [0.25, 0.3) is 0 Å². The molecule has 8 N–H and O–H groups in total. The molecule has 0 rings (SSSR count). The summed E-state index contributed by atoms with van der Waals surface area (Å²) in [6, 6.07) is 0. The molecule has 10 heteroatoms. The lowest BCUT2D eigenvalue weighted by Gasteiger charge is -2.23. The largest absolute Gasteiger partial charge is 0.479 e. The van der Waals surface area contributed by atoms with E-state index in [2.05, 4.69) is 0 Å². The lowest BCUT2D eigenvalue weighted by atomic mass is 10.0. The van der Waals surface area contributed by atoms with E-state index in [9.17, 15) is 9.59 Å². The molecular formula is C9H18O10. The molecule has 0 bridgehead atoms. The molecule has 0 radical (unpaired) electrons. The highest BCUT2D eigenvalue weighted by atomic mass is 16.4. The number of aliphatic carboxylic acids is 2. The zero-order valence-electron chi connectivity index (χ0n) is 9.99. The summed E-state index contributed by atoms with van der Waals surface area (Å²) in [5, 5.41) is 67.6. The van der Waals surface area contributed by atoms with E-state index >= 15 is 0 Å². The average molecular weight is 286 g/mol. The van der Waals surface area contributed by atoms with Crippen LogP contribution in [0.1, 0.15) is 6.92 Å². The van der Waals surface area contributed by atoms with Gasteiger partial charge in [-0.3, -0.25) is 0 Å². The van der Waals surface area contributed by atoms with Crippen LogP contribution in [0.3, 0.4) is 0 Å². The standard InChI is InChI=1S/C6H12O7.C3H6O3/c7-1-2(8)3(9)4(10)5(11)6(12)13;1-2(4)3(5)6/h2-5,7-11H,1H2,(H,12,13);2,4H,1H3,(H,5,6)/t2-,3-,4+,5-;/m1./s1. The minimum absolute atomic E-state index is 0.843. The highest BCUT2D eigenvalue weighted by Gasteiger charge is 2.33. The van der Waals surface area contributed by atoms with Crippen LogP contribution in [0.2, 0.25) is 0 Å². The normalized spacial score (nSPS) is 18.3. The molecule has 114 valence electrons. The summed E-state index contributed by atoms with van der Waals surface area (Å²) < 4.78 is 0. The molecule has 0 fully saturated rings. The molecule has 0 heterocycles. The first-order chi connectivity index (χ1) is 8.56. The first-order valence-electron chi connectivity index (χ1n) is 5.03. The number of hydrogen-bond donors (Lipinski definition) is 8. The van der Waals surface area contributed by atoms with Crippen LogP contribution >= 0.6 is 0 Å². The molecule has 0 aliphatic heterocycles. The van der Waals surface area contributed by atoms with Gasteiger partial charge < -0.3 is 40.9 Å². The third kappa shape index (κ3) is 8.42. The molecule has 0 saturated heterocycles. The van der Waals surface area contributed by atoms with Crippen LogP contribution in [-0.2, 0) is 9.59 Å². The predicted octanol–water partition coefficient (Wildman–Crippen LogP) is -4.04. The second-order valence-corrected chi connectivity index (χ2v) is 3.53. The van der Waals surface area contributed by atoms with Crippen molar-refractivity contribution in [3.8, 4) is 0 Å². The van der Waals surface area contributed by atoms with Crippen molar-refractivity contribution < 1.29 is 50.4 Å². The molecule has 0 saturated carbocycles. The second-order valence-electron chi connectivity index (χ2n) is 3.53. The zero-order chi connectivity index (χ0) is 15.7. The van der Waals surface area contributed by atoms with Crippen LogP contribution in [0.25, 0.3) is 0 Å². The van der Waals surface area contributed by atoms with Crippen molar-refractivity contribution in [2.24, 2.45) is 0 Å². The molecule has 0 aromatic carbocycles. The lowest BCUT2D eigenvalue weighted by Crippen LogP contribution is -2.48. The molecule has 0 aromatic rings. The Labute approximate surface area is 107 Å². The highest BCUT2D eigenvalue weighted by Crippen LogP contribution is 2.04. The van der Waals surface area contributed by atoms with Crippen molar-refractivity contribution >= 4 is 11.9 Å². The van der Waals surface area contributed by atoms with E-state index < -0.39 is 49.1 Å². The van der Waals surface area contributed by atoms with E-state index in [0.717, 1.165) is 0 Å². The maximum absolute atomic E-state index is 10.1. The third-order valence-corrected chi connectivity index (χ3v) is 1.87. The molecule has 0 spiro atoms. The molecule has 0 aromatic heterocycles. The summed E-state index contributed by atoms with van der Waals surface area (Å²) in [5.74, 6) is -2.91. The monoisotopic (exact) mass is 286 g/mol. The van der Waals surface area contributed by atoms with E-state index in [4.69, 9.17) is 40.9 Å². The number of carbonyl (C=O) groups is 2. The Morgan fingerprint density at radius 3 is 1.47 bits per heavy atom. The van der Waals surface area contributed by atoms with Crippen LogP contribution in [0.5, 0.6) is 0 Å². The van der Waals surface area contributed by atoms with Gasteiger partial charge in [-0.15, -0.1) is 0 Å². The molecule has 5 atom stereocenters. The van der Waals surface area contributed by atoms with E-state index in [0.29, 0.717) is 0 Å². The Bertz CT molecular complexity index is 278. The number of carboxylic acids is 2. The van der Waals surface area contributed by atoms with Crippen molar-refractivity contribution in [3.63, 3.8) is 0 Å². The molecule has 10 nitrogen and oxygen atoms in total. The zero-order valence-corrected chi connectivity index (χ0v) is 9.99. The molecule has 0 aliphatic rings. The van der Waals surface area contributed by atoms with Crippen LogP contribution in [0.15, 0.2) is 0 Å². The van der Waals surface area contributed by atoms with Gasteiger partial charge in [-0.2, -0.15) is 0 Å². The van der Waals surface area contributed by atoms with Crippen LogP contribution in [0, 0.1) is 0 Å². The summed E-state index contributed by atoms with van der Waals surface area (Å²) in [6.07, 6.45) is -9.07. The van der Waals surface area contributed by atoms with E-state index in [1.165, 1.54) is 6.92 Å². The number of hydrogen-bond acceptors (Lipinski definition) is 8. The molecular weight excluding hydrogens is 268 g/mol. The Hall–Kier alpha value is -1.30. The van der Waals surface area contributed by atoms with Gasteiger partial charge in [0.05, 0.1) is 6.61 Å². The summed E-state index contributed by atoms with van der Waals surface area (Å²) in [5.41, 5.74) is 0. The van der Waals surface area contributed by atoms with E-state index in [1.54, 1.807) is 0 Å². The summed E-state index contributed by atoms with van der Waals surface area (Å²) >= 11 is 0. The highest BCUT2D eigenvalue weighted by molar-refractivity contribution is 5.72. The third-order valence-electron chi connectivity index (χ3n) is 1.87. The fourth-order valence-corrected chi connectivity index (χ4v) is 0.668. The van der Waals surface area contributed by atoms with E-state index in [1.807, 2.05) is 0 Å². The van der Waals surface area contributed by atoms with Gasteiger partial charge in [0, 0.05) is 0 Å². The first-order valence-corrected chi connectivity index (χ1v) is 5.03. The van der Waals surface area contributed by atoms with Crippen LogP contribution < -0.4 is 0 Å². The van der Waals surface area contributed by atoms with E-state index in [-0.39, 0.29) is 0 Å². The van der Waals surface area contributed by atoms with Crippen molar-refractivity contribution in [3.05, 3.63) is 0 Å². The van der Waals surface area contributed by atoms with Crippen LogP contribution in [-0.4, -0.2) is 89.9 Å². The van der Waals surface area contributed by atoms with Gasteiger partial charge in [-0.25, -0.2) is 9.59 Å². The minimum atomic E-state index is -2.20. The first kappa shape index (κ1) is 20.0. The average Bonchev–Trinajstić information content (AvgIpc) is 2.35. The topological polar surface area (TPSA) is 196 Å². The summed E-state index contributed by atoms with van der Waals surface area (Å²) in [7, 11) is 0. The van der Waals surface area contributed by atoms with Crippen LogP contribution in [0.4, 0.5) is 0 Å². The smallest absolute Gasteiger partial charge is 0.335 e. The Morgan fingerprint density at radius 2 is 1.26 bits per heavy atom. The van der Waals surface area contributed by atoms with Gasteiger partial charge in [-0.1, -0.05) is 0 Å². The maximum atomic E-state index is 10.1. The Balaban J connectivity index is 0. The molecule has 0 aliphatic carbocycles. The van der Waals surface area contributed by atoms with Gasteiger partial charge in [-0.05, 0) is 6.92 Å². The molecule has 0 amide bonds. The fourth-order valence-electron chi connectivity index (χ4n) is 0.668. The van der Waals surface area contributed by atoms with Gasteiger partial charge in [0.15, 0.2) is 6.10 Å². The summed E-state index contributed by atoms with van der Waals surface area (Å²) in [6.45, 7) is 0.354. The second kappa shape index (κ2) is 9.61.